The molecule has 1 aliphatic rings. The number of aliphatic hydroxyl groups is 1. The number of fused-ring (bicyclic) bond motifs is 1. The molecule has 0 saturated carbocycles. The van der Waals surface area contributed by atoms with Crippen molar-refractivity contribution < 1.29 is 14.6 Å². The molecule has 0 spiro atoms. The Kier molecular flexibility index (Phi) is 6.29. The lowest BCUT2D eigenvalue weighted by Gasteiger charge is -2.18. The van der Waals surface area contributed by atoms with Gasteiger partial charge < -0.3 is 25.6 Å². The highest BCUT2D eigenvalue weighted by atomic mass is 16.5. The smallest absolute Gasteiger partial charge is 0.206 e. The molecule has 1 aromatic heterocycles. The summed E-state index contributed by atoms with van der Waals surface area (Å²) in [5, 5.41) is 12.9. The molecule has 4 rings (SSSR count). The van der Waals surface area contributed by atoms with E-state index in [0.717, 1.165) is 47.6 Å². The predicted octanol–water partition coefficient (Wildman–Crippen LogP) is 3.05. The summed E-state index contributed by atoms with van der Waals surface area (Å²) in [5.74, 6) is 1.61. The van der Waals surface area contributed by atoms with Crippen molar-refractivity contribution in [1.29, 1.82) is 0 Å². The van der Waals surface area contributed by atoms with Gasteiger partial charge in [-0.15, -0.1) is 0 Å². The quantitative estimate of drug-likeness (QED) is 0.481. The standard InChI is InChI=1S/C22H28N4O3/c23-11-4-12-28-17-6-3-5-16(13-17)14-24-22-25-19-7-1-2-8-20(19)26(22)21-10-9-18(15-27)29-21/h1-3,5-8,13,18,21,27H,4,9-12,14-15,23H2,(H,24,25)/t18-,21+/m0/s1. The van der Waals surface area contributed by atoms with Crippen LogP contribution in [0.2, 0.25) is 0 Å². The molecule has 154 valence electrons. The van der Waals surface area contributed by atoms with Gasteiger partial charge in [0.1, 0.15) is 12.0 Å². The van der Waals surface area contributed by atoms with E-state index in [-0.39, 0.29) is 18.9 Å². The molecule has 1 saturated heterocycles. The Morgan fingerprint density at radius 3 is 2.93 bits per heavy atom. The van der Waals surface area contributed by atoms with Crippen molar-refractivity contribution in [3.05, 3.63) is 54.1 Å². The third-order valence-electron chi connectivity index (χ3n) is 5.14. The predicted molar refractivity (Wildman–Crippen MR) is 113 cm³/mol. The fraction of sp³-hybridized carbons (Fsp3) is 0.409. The van der Waals surface area contributed by atoms with Crippen LogP contribution >= 0.6 is 0 Å². The summed E-state index contributed by atoms with van der Waals surface area (Å²) < 4.78 is 13.9. The summed E-state index contributed by atoms with van der Waals surface area (Å²) in [6.45, 7) is 1.91. The molecule has 1 fully saturated rings. The van der Waals surface area contributed by atoms with E-state index in [1.165, 1.54) is 0 Å². The van der Waals surface area contributed by atoms with Gasteiger partial charge in [-0.05, 0) is 55.6 Å². The van der Waals surface area contributed by atoms with E-state index in [4.69, 9.17) is 20.2 Å². The minimum Gasteiger partial charge on any atom is -0.494 e. The number of anilines is 1. The zero-order valence-electron chi connectivity index (χ0n) is 16.5. The number of rotatable bonds is 9. The van der Waals surface area contributed by atoms with Gasteiger partial charge in [-0.3, -0.25) is 4.57 Å². The number of hydrogen-bond donors (Lipinski definition) is 3. The summed E-state index contributed by atoms with van der Waals surface area (Å²) in [6.07, 6.45) is 2.28. The van der Waals surface area contributed by atoms with Crippen molar-refractivity contribution in [1.82, 2.24) is 9.55 Å². The molecular weight excluding hydrogens is 368 g/mol. The first-order valence-corrected chi connectivity index (χ1v) is 10.2. The molecule has 2 heterocycles. The fourth-order valence-corrected chi connectivity index (χ4v) is 3.67. The minimum atomic E-state index is -0.131. The van der Waals surface area contributed by atoms with E-state index in [9.17, 15) is 5.11 Å². The van der Waals surface area contributed by atoms with Crippen LogP contribution in [-0.4, -0.2) is 40.5 Å². The molecule has 0 bridgehead atoms. The number of aromatic nitrogens is 2. The van der Waals surface area contributed by atoms with E-state index in [1.807, 2.05) is 36.4 Å². The summed E-state index contributed by atoms with van der Waals surface area (Å²) >= 11 is 0. The third-order valence-corrected chi connectivity index (χ3v) is 5.14. The lowest BCUT2D eigenvalue weighted by Crippen LogP contribution is -2.16. The number of benzene rings is 2. The van der Waals surface area contributed by atoms with Crippen LogP contribution in [0.5, 0.6) is 5.75 Å². The van der Waals surface area contributed by atoms with Crippen LogP contribution < -0.4 is 15.8 Å². The fourth-order valence-electron chi connectivity index (χ4n) is 3.67. The summed E-state index contributed by atoms with van der Waals surface area (Å²) in [6, 6.07) is 16.1. The Morgan fingerprint density at radius 2 is 2.10 bits per heavy atom. The first-order valence-electron chi connectivity index (χ1n) is 10.2. The number of ether oxygens (including phenoxy) is 2. The van der Waals surface area contributed by atoms with Crippen molar-refractivity contribution in [2.24, 2.45) is 5.73 Å². The van der Waals surface area contributed by atoms with Gasteiger partial charge in [0.05, 0.1) is 30.4 Å². The van der Waals surface area contributed by atoms with E-state index in [1.54, 1.807) is 0 Å². The lowest BCUT2D eigenvalue weighted by molar-refractivity contribution is -0.0195. The molecule has 0 aliphatic carbocycles. The second-order valence-corrected chi connectivity index (χ2v) is 7.26. The summed E-state index contributed by atoms with van der Waals surface area (Å²) in [5.41, 5.74) is 8.58. The van der Waals surface area contributed by atoms with Crippen LogP contribution in [0, 0.1) is 0 Å². The number of imidazole rings is 1. The summed E-state index contributed by atoms with van der Waals surface area (Å²) in [7, 11) is 0. The molecule has 1 aliphatic heterocycles. The number of nitrogens with zero attached hydrogens (tertiary/aromatic N) is 2. The molecule has 0 unspecified atom stereocenters. The SMILES string of the molecule is NCCCOc1cccc(CNc2nc3ccccc3n2[C@H]2CC[C@@H](CO)O2)c1. The maximum Gasteiger partial charge on any atom is 0.206 e. The maximum atomic E-state index is 9.43. The van der Waals surface area contributed by atoms with Crippen LogP contribution in [0.4, 0.5) is 5.95 Å². The molecule has 3 aromatic rings. The maximum absolute atomic E-state index is 9.43. The molecule has 29 heavy (non-hydrogen) atoms. The second-order valence-electron chi connectivity index (χ2n) is 7.26. The minimum absolute atomic E-state index is 0.0445. The van der Waals surface area contributed by atoms with Crippen LogP contribution in [0.3, 0.4) is 0 Å². The highest BCUT2D eigenvalue weighted by Gasteiger charge is 2.29. The number of aliphatic hydroxyl groups excluding tert-OH is 1. The van der Waals surface area contributed by atoms with Crippen molar-refractivity contribution in [2.75, 3.05) is 25.1 Å². The van der Waals surface area contributed by atoms with E-state index in [0.29, 0.717) is 19.7 Å². The third kappa shape index (κ3) is 4.53. The number of nitrogens with two attached hydrogens (primary N) is 1. The molecule has 7 nitrogen and oxygen atoms in total. The van der Waals surface area contributed by atoms with Crippen molar-refractivity contribution in [3.8, 4) is 5.75 Å². The molecule has 2 atom stereocenters. The Morgan fingerprint density at radius 1 is 1.21 bits per heavy atom. The molecule has 2 aromatic carbocycles. The van der Waals surface area contributed by atoms with E-state index < -0.39 is 0 Å². The largest absolute Gasteiger partial charge is 0.494 e. The number of hydrogen-bond acceptors (Lipinski definition) is 6. The lowest BCUT2D eigenvalue weighted by atomic mass is 10.2. The molecular formula is C22H28N4O3. The van der Waals surface area contributed by atoms with Crippen molar-refractivity contribution in [3.63, 3.8) is 0 Å². The first-order chi connectivity index (χ1) is 14.3. The van der Waals surface area contributed by atoms with Crippen LogP contribution in [0.15, 0.2) is 48.5 Å². The summed E-state index contributed by atoms with van der Waals surface area (Å²) in [4.78, 5) is 4.77. The van der Waals surface area contributed by atoms with Crippen LogP contribution in [0.25, 0.3) is 11.0 Å². The second kappa shape index (κ2) is 9.26. The Bertz CT molecular complexity index is 943. The average Bonchev–Trinajstić information content (AvgIpc) is 3.36. The normalized spacial score (nSPS) is 19.0. The molecule has 7 heteroatoms. The van der Waals surface area contributed by atoms with Crippen molar-refractivity contribution >= 4 is 17.0 Å². The zero-order chi connectivity index (χ0) is 20.1. The first kappa shape index (κ1) is 19.7. The Balaban J connectivity index is 1.52. The van der Waals surface area contributed by atoms with Gasteiger partial charge in [0, 0.05) is 6.54 Å². The molecule has 4 N–H and O–H groups in total. The van der Waals surface area contributed by atoms with Gasteiger partial charge in [0.2, 0.25) is 5.95 Å². The highest BCUT2D eigenvalue weighted by molar-refractivity contribution is 5.78. The molecule has 0 amide bonds. The Labute approximate surface area is 170 Å². The van der Waals surface area contributed by atoms with Crippen LogP contribution in [0.1, 0.15) is 31.1 Å². The topological polar surface area (TPSA) is 94.6 Å². The van der Waals surface area contributed by atoms with E-state index >= 15 is 0 Å². The molecule has 0 radical (unpaired) electrons. The van der Waals surface area contributed by atoms with Gasteiger partial charge in [-0.1, -0.05) is 24.3 Å². The number of para-hydroxylation sites is 2. The van der Waals surface area contributed by atoms with E-state index in [2.05, 4.69) is 22.0 Å². The average molecular weight is 396 g/mol. The van der Waals surface area contributed by atoms with Crippen molar-refractivity contribution in [2.45, 2.75) is 38.1 Å². The van der Waals surface area contributed by atoms with Gasteiger partial charge in [-0.25, -0.2) is 4.98 Å². The highest BCUT2D eigenvalue weighted by Crippen LogP contribution is 2.34. The monoisotopic (exact) mass is 396 g/mol. The van der Waals surface area contributed by atoms with Gasteiger partial charge in [0.15, 0.2) is 0 Å². The van der Waals surface area contributed by atoms with Gasteiger partial charge in [-0.2, -0.15) is 0 Å². The Hall–Kier alpha value is -2.61. The zero-order valence-corrected chi connectivity index (χ0v) is 16.5. The van der Waals surface area contributed by atoms with Gasteiger partial charge in [0.25, 0.3) is 0 Å². The number of nitrogens with one attached hydrogen (secondary N) is 1. The van der Waals surface area contributed by atoms with Gasteiger partial charge >= 0.3 is 0 Å². The van der Waals surface area contributed by atoms with Crippen LogP contribution in [-0.2, 0) is 11.3 Å².